The van der Waals surface area contributed by atoms with Crippen molar-refractivity contribution < 1.29 is 23.9 Å². The molecule has 3 rings (SSSR count). The van der Waals surface area contributed by atoms with Crippen molar-refractivity contribution in [1.82, 2.24) is 10.2 Å². The number of carbonyl (C=O) groups excluding carboxylic acids is 3. The largest absolute Gasteiger partial charge is 0.467 e. The molecule has 2 aliphatic heterocycles. The molecule has 10 nitrogen and oxygen atoms in total. The van der Waals surface area contributed by atoms with E-state index in [-0.39, 0.29) is 18.3 Å². The smallest absolute Gasteiger partial charge is 0.407 e. The van der Waals surface area contributed by atoms with E-state index in [1.165, 1.54) is 7.11 Å². The fourth-order valence-electron chi connectivity index (χ4n) is 4.31. The predicted octanol–water partition coefficient (Wildman–Crippen LogP) is 1.84. The summed E-state index contributed by atoms with van der Waals surface area (Å²) < 4.78 is 9.95. The lowest BCUT2D eigenvalue weighted by atomic mass is 9.75. The van der Waals surface area contributed by atoms with Gasteiger partial charge in [-0.15, -0.1) is 0 Å². The van der Waals surface area contributed by atoms with Crippen LogP contribution in [0.2, 0.25) is 0 Å². The van der Waals surface area contributed by atoms with Gasteiger partial charge < -0.3 is 25.4 Å². The first-order chi connectivity index (χ1) is 16.3. The van der Waals surface area contributed by atoms with Gasteiger partial charge in [0, 0.05) is 18.5 Å². The van der Waals surface area contributed by atoms with Crippen LogP contribution in [0.25, 0.3) is 0 Å². The monoisotopic (exact) mass is 471 g/mol. The molecule has 2 aliphatic rings. The van der Waals surface area contributed by atoms with Crippen molar-refractivity contribution in [2.24, 2.45) is 16.1 Å². The molecule has 184 valence electrons. The molecule has 1 saturated heterocycles. The van der Waals surface area contributed by atoms with E-state index in [4.69, 9.17) is 20.6 Å². The van der Waals surface area contributed by atoms with Crippen LogP contribution in [0.15, 0.2) is 29.3 Å². The second kappa shape index (κ2) is 11.2. The highest BCUT2D eigenvalue weighted by molar-refractivity contribution is 6.14. The van der Waals surface area contributed by atoms with Crippen molar-refractivity contribution in [1.29, 1.82) is 5.41 Å². The molecule has 1 atom stereocenters. The second-order valence-corrected chi connectivity index (χ2v) is 8.82. The number of nitrogen functional groups attached to an aromatic ring is 1. The van der Waals surface area contributed by atoms with Gasteiger partial charge in [0.1, 0.15) is 11.9 Å². The minimum absolute atomic E-state index is 0.00574. The maximum Gasteiger partial charge on any atom is 0.407 e. The number of amidine groups is 1. The SMILES string of the molecule is CCCCOC(=O)NC(CN1CCC2(CC1)CC(c1ccc(C(=N)N)cc1)=NC2=O)C(=O)OC. The first kappa shape index (κ1) is 25.4. The summed E-state index contributed by atoms with van der Waals surface area (Å²) >= 11 is 0. The van der Waals surface area contributed by atoms with Gasteiger partial charge in [-0.25, -0.2) is 14.6 Å². The van der Waals surface area contributed by atoms with Crippen LogP contribution in [-0.2, 0) is 19.1 Å². The number of amides is 2. The van der Waals surface area contributed by atoms with Crippen molar-refractivity contribution in [3.8, 4) is 0 Å². The maximum absolute atomic E-state index is 12.9. The highest BCUT2D eigenvalue weighted by Gasteiger charge is 2.46. The third kappa shape index (κ3) is 5.99. The third-order valence-electron chi connectivity index (χ3n) is 6.49. The Balaban J connectivity index is 1.57. The number of nitrogens with two attached hydrogens (primary N) is 1. The highest BCUT2D eigenvalue weighted by atomic mass is 16.6. The van der Waals surface area contributed by atoms with Gasteiger partial charge in [-0.3, -0.25) is 10.2 Å². The summed E-state index contributed by atoms with van der Waals surface area (Å²) in [5, 5.41) is 10.1. The molecular weight excluding hydrogens is 438 g/mol. The molecule has 1 aromatic carbocycles. The Morgan fingerprint density at radius 1 is 1.26 bits per heavy atom. The molecule has 2 heterocycles. The lowest BCUT2D eigenvalue weighted by Gasteiger charge is -2.38. The number of nitrogens with zero attached hydrogens (tertiary/aromatic N) is 2. The quantitative estimate of drug-likeness (QED) is 0.215. The molecule has 0 radical (unpaired) electrons. The van der Waals surface area contributed by atoms with Crippen LogP contribution in [0.1, 0.15) is 50.2 Å². The van der Waals surface area contributed by atoms with Crippen LogP contribution in [0.4, 0.5) is 4.79 Å². The number of ether oxygens (including phenoxy) is 2. The zero-order valence-corrected chi connectivity index (χ0v) is 19.8. The molecule has 0 saturated carbocycles. The molecule has 1 fully saturated rings. The molecule has 1 unspecified atom stereocenters. The van der Waals surface area contributed by atoms with Gasteiger partial charge in [0.15, 0.2) is 0 Å². The minimum atomic E-state index is -0.848. The number of esters is 1. The fourth-order valence-corrected chi connectivity index (χ4v) is 4.31. The van der Waals surface area contributed by atoms with Crippen LogP contribution in [-0.4, -0.2) is 73.8 Å². The van der Waals surface area contributed by atoms with Gasteiger partial charge in [-0.1, -0.05) is 37.6 Å². The average Bonchev–Trinajstić information content (AvgIpc) is 3.15. The van der Waals surface area contributed by atoms with Crippen molar-refractivity contribution in [3.05, 3.63) is 35.4 Å². The van der Waals surface area contributed by atoms with Gasteiger partial charge in [-0.05, 0) is 37.9 Å². The summed E-state index contributed by atoms with van der Waals surface area (Å²) in [6, 6.07) is 6.34. The van der Waals surface area contributed by atoms with E-state index in [0.717, 1.165) is 24.1 Å². The minimum Gasteiger partial charge on any atom is -0.467 e. The molecule has 0 aromatic heterocycles. The zero-order chi connectivity index (χ0) is 24.7. The summed E-state index contributed by atoms with van der Waals surface area (Å²) in [4.78, 5) is 43.5. The number of likely N-dealkylation sites (tertiary alicyclic amines) is 1. The second-order valence-electron chi connectivity index (χ2n) is 8.82. The van der Waals surface area contributed by atoms with Gasteiger partial charge in [-0.2, -0.15) is 0 Å². The Kier molecular flexibility index (Phi) is 8.38. The number of rotatable bonds is 9. The van der Waals surface area contributed by atoms with Crippen molar-refractivity contribution in [3.63, 3.8) is 0 Å². The number of hydrogen-bond donors (Lipinski definition) is 3. The molecule has 1 aromatic rings. The van der Waals surface area contributed by atoms with Crippen LogP contribution >= 0.6 is 0 Å². The maximum atomic E-state index is 12.9. The van der Waals surface area contributed by atoms with E-state index in [2.05, 4.69) is 10.3 Å². The van der Waals surface area contributed by atoms with E-state index < -0.39 is 23.5 Å². The topological polar surface area (TPSA) is 147 Å². The van der Waals surface area contributed by atoms with E-state index in [9.17, 15) is 14.4 Å². The normalized spacial score (nSPS) is 18.3. The van der Waals surface area contributed by atoms with Gasteiger partial charge in [0.2, 0.25) is 0 Å². The Hall–Kier alpha value is -3.27. The Morgan fingerprint density at radius 2 is 1.94 bits per heavy atom. The summed E-state index contributed by atoms with van der Waals surface area (Å²) in [7, 11) is 1.28. The van der Waals surface area contributed by atoms with Crippen molar-refractivity contribution >= 4 is 29.5 Å². The van der Waals surface area contributed by atoms with Crippen LogP contribution in [0, 0.1) is 10.8 Å². The number of unbranched alkanes of at least 4 members (excludes halogenated alkanes) is 1. The number of piperidine rings is 1. The van der Waals surface area contributed by atoms with Gasteiger partial charge >= 0.3 is 12.1 Å². The molecule has 0 aliphatic carbocycles. The van der Waals surface area contributed by atoms with E-state index in [1.54, 1.807) is 12.1 Å². The lowest BCUT2D eigenvalue weighted by molar-refractivity contribution is -0.144. The van der Waals surface area contributed by atoms with E-state index in [0.29, 0.717) is 44.5 Å². The van der Waals surface area contributed by atoms with E-state index >= 15 is 0 Å². The molecule has 0 bridgehead atoms. The first-order valence-corrected chi connectivity index (χ1v) is 11.6. The summed E-state index contributed by atoms with van der Waals surface area (Å²) in [6.45, 7) is 3.76. The third-order valence-corrected chi connectivity index (χ3v) is 6.49. The number of nitrogens with one attached hydrogen (secondary N) is 2. The van der Waals surface area contributed by atoms with Crippen molar-refractivity contribution in [2.45, 2.75) is 45.1 Å². The van der Waals surface area contributed by atoms with Gasteiger partial charge in [0.25, 0.3) is 5.91 Å². The molecule has 2 amide bonds. The summed E-state index contributed by atoms with van der Waals surface area (Å²) in [6.07, 6.45) is 2.79. The van der Waals surface area contributed by atoms with E-state index in [1.807, 2.05) is 24.0 Å². The number of benzene rings is 1. The number of hydrogen-bond acceptors (Lipinski definition) is 7. The highest BCUT2D eigenvalue weighted by Crippen LogP contribution is 2.41. The molecule has 34 heavy (non-hydrogen) atoms. The van der Waals surface area contributed by atoms with Crippen molar-refractivity contribution in [2.75, 3.05) is 33.4 Å². The van der Waals surface area contributed by atoms with Gasteiger partial charge in [0.05, 0.1) is 24.8 Å². The van der Waals surface area contributed by atoms with Crippen LogP contribution in [0.3, 0.4) is 0 Å². The molecule has 4 N–H and O–H groups in total. The molecular formula is C24H33N5O5. The predicted molar refractivity (Wildman–Crippen MR) is 127 cm³/mol. The molecule has 10 heteroatoms. The Labute approximate surface area is 199 Å². The number of aliphatic imine (C=N–C) groups is 1. The summed E-state index contributed by atoms with van der Waals surface area (Å²) in [5.74, 6) is -0.655. The number of carbonyl (C=O) groups is 3. The fraction of sp³-hybridized carbons (Fsp3) is 0.542. The zero-order valence-electron chi connectivity index (χ0n) is 19.8. The average molecular weight is 472 g/mol. The summed E-state index contributed by atoms with van der Waals surface area (Å²) in [5.41, 5.74) is 7.20. The van der Waals surface area contributed by atoms with Crippen LogP contribution in [0.5, 0.6) is 0 Å². The number of methoxy groups -OCH3 is 1. The standard InChI is InChI=1S/C24H33N5O5/c1-3-4-13-34-23(32)28-19(21(30)33-2)15-29-11-9-24(10-12-29)14-18(27-22(24)31)16-5-7-17(8-6-16)20(25)26/h5-8,19H,3-4,9-15H2,1-2H3,(H3,25,26)(H,28,32). The Bertz CT molecular complexity index is 951. The lowest BCUT2D eigenvalue weighted by Crippen LogP contribution is -2.52. The van der Waals surface area contributed by atoms with Crippen LogP contribution < -0.4 is 11.1 Å². The molecule has 1 spiro atoms. The first-order valence-electron chi connectivity index (χ1n) is 11.6. The Morgan fingerprint density at radius 3 is 2.53 bits per heavy atom. The number of alkyl carbamates (subject to hydrolysis) is 1.